The normalized spacial score (nSPS) is 12.4. The quantitative estimate of drug-likeness (QED) is 0.909. The highest BCUT2D eigenvalue weighted by atomic mass is 35.5. The van der Waals surface area contributed by atoms with Crippen molar-refractivity contribution in [1.29, 1.82) is 0 Å². The lowest BCUT2D eigenvalue weighted by Gasteiger charge is -2.11. The molecule has 0 aromatic carbocycles. The van der Waals surface area contributed by atoms with Crippen LogP contribution in [0.25, 0.3) is 0 Å². The fourth-order valence-electron chi connectivity index (χ4n) is 1.57. The van der Waals surface area contributed by atoms with Crippen molar-refractivity contribution in [2.45, 2.75) is 19.4 Å². The largest absolute Gasteiger partial charge is 0.388 e. The SMILES string of the molecule is Cc1ccc(C(O)Cc2ccncc2Cl)cn1. The van der Waals surface area contributed by atoms with E-state index in [1.54, 1.807) is 18.6 Å². The minimum absolute atomic E-state index is 0.464. The van der Waals surface area contributed by atoms with Gasteiger partial charge in [-0.1, -0.05) is 17.7 Å². The van der Waals surface area contributed by atoms with Crippen molar-refractivity contribution in [3.63, 3.8) is 0 Å². The molecule has 0 radical (unpaired) electrons. The molecule has 2 aromatic heterocycles. The number of rotatable bonds is 3. The van der Waals surface area contributed by atoms with Gasteiger partial charge in [-0.25, -0.2) is 0 Å². The minimum Gasteiger partial charge on any atom is -0.388 e. The van der Waals surface area contributed by atoms with Crippen molar-refractivity contribution in [2.75, 3.05) is 0 Å². The van der Waals surface area contributed by atoms with Crippen molar-refractivity contribution in [3.05, 3.63) is 58.6 Å². The molecule has 0 aliphatic rings. The highest BCUT2D eigenvalue weighted by molar-refractivity contribution is 6.31. The van der Waals surface area contributed by atoms with Crippen LogP contribution in [-0.4, -0.2) is 15.1 Å². The third kappa shape index (κ3) is 3.02. The molecule has 4 heteroatoms. The summed E-state index contributed by atoms with van der Waals surface area (Å²) in [4.78, 5) is 8.07. The molecule has 0 bridgehead atoms. The van der Waals surface area contributed by atoms with E-state index in [2.05, 4.69) is 9.97 Å². The highest BCUT2D eigenvalue weighted by Gasteiger charge is 2.10. The Morgan fingerprint density at radius 1 is 1.29 bits per heavy atom. The molecule has 0 saturated heterocycles. The standard InChI is InChI=1S/C13H13ClN2O/c1-9-2-3-11(7-16-9)13(17)6-10-4-5-15-8-12(10)14/h2-5,7-8,13,17H,6H2,1H3. The first-order valence-electron chi connectivity index (χ1n) is 5.36. The molecule has 0 amide bonds. The maximum atomic E-state index is 10.1. The van der Waals surface area contributed by atoms with Crippen LogP contribution in [0.4, 0.5) is 0 Å². The Morgan fingerprint density at radius 3 is 2.76 bits per heavy atom. The average molecular weight is 249 g/mol. The lowest BCUT2D eigenvalue weighted by atomic mass is 10.0. The van der Waals surface area contributed by atoms with Crippen molar-refractivity contribution >= 4 is 11.6 Å². The first-order chi connectivity index (χ1) is 8.16. The molecule has 0 fully saturated rings. The average Bonchev–Trinajstić information content (AvgIpc) is 2.33. The zero-order valence-corrected chi connectivity index (χ0v) is 10.2. The third-order valence-electron chi connectivity index (χ3n) is 2.59. The molecule has 3 nitrogen and oxygen atoms in total. The molecule has 88 valence electrons. The second-order valence-electron chi connectivity index (χ2n) is 3.92. The third-order valence-corrected chi connectivity index (χ3v) is 2.93. The smallest absolute Gasteiger partial charge is 0.0845 e. The summed E-state index contributed by atoms with van der Waals surface area (Å²) >= 11 is 5.99. The monoisotopic (exact) mass is 248 g/mol. The molecular weight excluding hydrogens is 236 g/mol. The molecule has 2 rings (SSSR count). The van der Waals surface area contributed by atoms with Crippen LogP contribution >= 0.6 is 11.6 Å². The van der Waals surface area contributed by atoms with Crippen LogP contribution in [0.5, 0.6) is 0 Å². The van der Waals surface area contributed by atoms with Crippen LogP contribution in [0.1, 0.15) is 22.9 Å². The van der Waals surface area contributed by atoms with Crippen molar-refractivity contribution < 1.29 is 5.11 Å². The number of hydrogen-bond donors (Lipinski definition) is 1. The molecule has 17 heavy (non-hydrogen) atoms. The van der Waals surface area contributed by atoms with E-state index < -0.39 is 6.10 Å². The summed E-state index contributed by atoms with van der Waals surface area (Å²) in [7, 11) is 0. The fourth-order valence-corrected chi connectivity index (χ4v) is 1.77. The molecule has 2 aromatic rings. The second-order valence-corrected chi connectivity index (χ2v) is 4.33. The molecule has 0 spiro atoms. The molecular formula is C13H13ClN2O. The predicted molar refractivity (Wildman–Crippen MR) is 66.9 cm³/mol. The van der Waals surface area contributed by atoms with Gasteiger partial charge in [0.05, 0.1) is 11.1 Å². The molecule has 0 aliphatic carbocycles. The predicted octanol–water partition coefficient (Wildman–Crippen LogP) is 2.71. The van der Waals surface area contributed by atoms with Gasteiger partial charge in [0.15, 0.2) is 0 Å². The Hall–Kier alpha value is -1.45. The number of halogens is 1. The minimum atomic E-state index is -0.594. The summed E-state index contributed by atoms with van der Waals surface area (Å²) in [6.45, 7) is 1.91. The van der Waals surface area contributed by atoms with Crippen LogP contribution in [-0.2, 0) is 6.42 Å². The lowest BCUT2D eigenvalue weighted by Crippen LogP contribution is -2.03. The topological polar surface area (TPSA) is 46.0 Å². The summed E-state index contributed by atoms with van der Waals surface area (Å²) in [6.07, 6.45) is 4.81. The van der Waals surface area contributed by atoms with Gasteiger partial charge in [-0.15, -0.1) is 0 Å². The zero-order valence-electron chi connectivity index (χ0n) is 9.47. The van der Waals surface area contributed by atoms with E-state index in [0.717, 1.165) is 16.8 Å². The van der Waals surface area contributed by atoms with Gasteiger partial charge in [-0.3, -0.25) is 9.97 Å². The zero-order chi connectivity index (χ0) is 12.3. The summed E-state index contributed by atoms with van der Waals surface area (Å²) in [6, 6.07) is 5.57. The van der Waals surface area contributed by atoms with Crippen molar-refractivity contribution in [3.8, 4) is 0 Å². The molecule has 0 saturated carbocycles. The van der Waals surface area contributed by atoms with Crippen LogP contribution in [0.3, 0.4) is 0 Å². The number of pyridine rings is 2. The molecule has 1 unspecified atom stereocenters. The number of aliphatic hydroxyl groups is 1. The summed E-state index contributed by atoms with van der Waals surface area (Å²) < 4.78 is 0. The van der Waals surface area contributed by atoms with Gasteiger partial charge in [-0.05, 0) is 30.2 Å². The molecule has 1 N–H and O–H groups in total. The molecule has 0 aliphatic heterocycles. The Morgan fingerprint density at radius 2 is 2.12 bits per heavy atom. The van der Waals surface area contributed by atoms with Crippen LogP contribution in [0, 0.1) is 6.92 Å². The number of aromatic nitrogens is 2. The van der Waals surface area contributed by atoms with E-state index in [1.165, 1.54) is 0 Å². The Kier molecular flexibility index (Phi) is 3.71. The number of hydrogen-bond acceptors (Lipinski definition) is 3. The number of aliphatic hydroxyl groups excluding tert-OH is 1. The lowest BCUT2D eigenvalue weighted by molar-refractivity contribution is 0.178. The number of aryl methyl sites for hydroxylation is 1. The van der Waals surface area contributed by atoms with Gasteiger partial charge in [-0.2, -0.15) is 0 Å². The summed E-state index contributed by atoms with van der Waals surface area (Å²) in [5, 5.41) is 10.6. The molecule has 1 atom stereocenters. The van der Waals surface area contributed by atoms with Crippen molar-refractivity contribution in [1.82, 2.24) is 9.97 Å². The second kappa shape index (κ2) is 5.25. The maximum Gasteiger partial charge on any atom is 0.0845 e. The van der Waals surface area contributed by atoms with E-state index in [-0.39, 0.29) is 0 Å². The first kappa shape index (κ1) is 12.0. The van der Waals surface area contributed by atoms with Gasteiger partial charge in [0.2, 0.25) is 0 Å². The maximum absolute atomic E-state index is 10.1. The van der Waals surface area contributed by atoms with Gasteiger partial charge >= 0.3 is 0 Å². The van der Waals surface area contributed by atoms with E-state index in [0.29, 0.717) is 11.4 Å². The fraction of sp³-hybridized carbons (Fsp3) is 0.231. The Bertz CT molecular complexity index is 499. The van der Waals surface area contributed by atoms with Gasteiger partial charge < -0.3 is 5.11 Å². The van der Waals surface area contributed by atoms with E-state index in [4.69, 9.17) is 11.6 Å². The van der Waals surface area contributed by atoms with Gasteiger partial charge in [0.1, 0.15) is 0 Å². The highest BCUT2D eigenvalue weighted by Crippen LogP contribution is 2.22. The van der Waals surface area contributed by atoms with Crippen LogP contribution < -0.4 is 0 Å². The van der Waals surface area contributed by atoms with E-state index in [9.17, 15) is 5.11 Å². The van der Waals surface area contributed by atoms with Crippen LogP contribution in [0.15, 0.2) is 36.8 Å². The summed E-state index contributed by atoms with van der Waals surface area (Å²) in [5.41, 5.74) is 2.61. The van der Waals surface area contributed by atoms with Crippen LogP contribution in [0.2, 0.25) is 5.02 Å². The Balaban J connectivity index is 2.14. The van der Waals surface area contributed by atoms with E-state index >= 15 is 0 Å². The molecule has 2 heterocycles. The number of nitrogens with zero attached hydrogens (tertiary/aromatic N) is 2. The van der Waals surface area contributed by atoms with E-state index in [1.807, 2.05) is 25.1 Å². The first-order valence-corrected chi connectivity index (χ1v) is 5.73. The Labute approximate surface area is 105 Å². The van der Waals surface area contributed by atoms with Gasteiger partial charge in [0.25, 0.3) is 0 Å². The summed E-state index contributed by atoms with van der Waals surface area (Å²) in [5.74, 6) is 0. The van der Waals surface area contributed by atoms with Crippen molar-refractivity contribution in [2.24, 2.45) is 0 Å². The van der Waals surface area contributed by atoms with Gasteiger partial charge in [0, 0.05) is 30.7 Å².